The third kappa shape index (κ3) is 3.16. The van der Waals surface area contributed by atoms with Crippen molar-refractivity contribution in [3.63, 3.8) is 0 Å². The summed E-state index contributed by atoms with van der Waals surface area (Å²) < 4.78 is 1.55. The van der Waals surface area contributed by atoms with E-state index in [1.807, 2.05) is 20.8 Å². The standard InChI is InChI=1S/C15H22N2O4/c1-10-7-14(18)17(9-11(10)2)13-8-12(3)16(15(13)19)5-6-21-20-4/h7,9,12-13H,5-6,8H2,1-4H3. The maximum absolute atomic E-state index is 12.5. The Kier molecular flexibility index (Phi) is 4.80. The van der Waals surface area contributed by atoms with Gasteiger partial charge in [0.15, 0.2) is 0 Å². The summed E-state index contributed by atoms with van der Waals surface area (Å²) in [5.41, 5.74) is 1.83. The Morgan fingerprint density at radius 3 is 2.67 bits per heavy atom. The predicted molar refractivity (Wildman–Crippen MR) is 78.0 cm³/mol. The summed E-state index contributed by atoms with van der Waals surface area (Å²) in [6, 6.07) is 1.25. The molecule has 1 aliphatic rings. The van der Waals surface area contributed by atoms with Crippen molar-refractivity contribution in [3.8, 4) is 0 Å². The maximum Gasteiger partial charge on any atom is 0.251 e. The van der Waals surface area contributed by atoms with Crippen LogP contribution in [0.2, 0.25) is 0 Å². The van der Waals surface area contributed by atoms with Crippen LogP contribution >= 0.6 is 0 Å². The zero-order valence-electron chi connectivity index (χ0n) is 13.0. The number of nitrogens with zero attached hydrogens (tertiary/aromatic N) is 2. The van der Waals surface area contributed by atoms with Gasteiger partial charge >= 0.3 is 0 Å². The minimum absolute atomic E-state index is 0.0347. The van der Waals surface area contributed by atoms with Crippen molar-refractivity contribution >= 4 is 5.91 Å². The van der Waals surface area contributed by atoms with Gasteiger partial charge in [-0.05, 0) is 38.3 Å². The molecule has 2 atom stereocenters. The Morgan fingerprint density at radius 1 is 1.29 bits per heavy atom. The lowest BCUT2D eigenvalue weighted by molar-refractivity contribution is -0.273. The summed E-state index contributed by atoms with van der Waals surface area (Å²) in [7, 11) is 1.44. The molecule has 0 bridgehead atoms. The molecule has 0 N–H and O–H groups in total. The smallest absolute Gasteiger partial charge is 0.251 e. The van der Waals surface area contributed by atoms with E-state index in [1.54, 1.807) is 21.7 Å². The summed E-state index contributed by atoms with van der Waals surface area (Å²) in [6.07, 6.45) is 2.41. The Bertz CT molecular complexity index is 582. The minimum Gasteiger partial charge on any atom is -0.336 e. The van der Waals surface area contributed by atoms with Crippen molar-refractivity contribution in [2.75, 3.05) is 20.3 Å². The highest BCUT2D eigenvalue weighted by Gasteiger charge is 2.38. The fraction of sp³-hybridized carbons (Fsp3) is 0.600. The van der Waals surface area contributed by atoms with E-state index in [-0.39, 0.29) is 17.5 Å². The molecule has 1 aromatic heterocycles. The lowest BCUT2D eigenvalue weighted by atomic mass is 10.1. The van der Waals surface area contributed by atoms with Crippen LogP contribution in [0.3, 0.4) is 0 Å². The Hall–Kier alpha value is -1.66. The molecule has 1 fully saturated rings. The Morgan fingerprint density at radius 2 is 2.00 bits per heavy atom. The van der Waals surface area contributed by atoms with Crippen molar-refractivity contribution in [1.82, 2.24) is 9.47 Å². The van der Waals surface area contributed by atoms with Crippen LogP contribution in [0.15, 0.2) is 17.1 Å². The highest BCUT2D eigenvalue weighted by atomic mass is 17.2. The average Bonchev–Trinajstić information content (AvgIpc) is 2.71. The molecule has 2 unspecified atom stereocenters. The van der Waals surface area contributed by atoms with E-state index in [9.17, 15) is 9.59 Å². The van der Waals surface area contributed by atoms with E-state index in [1.165, 1.54) is 7.11 Å². The number of aryl methyl sites for hydroxylation is 2. The molecular weight excluding hydrogens is 272 g/mol. The topological polar surface area (TPSA) is 60.8 Å². The lowest BCUT2D eigenvalue weighted by Gasteiger charge is -2.21. The summed E-state index contributed by atoms with van der Waals surface area (Å²) in [4.78, 5) is 35.8. The van der Waals surface area contributed by atoms with Crippen molar-refractivity contribution in [2.24, 2.45) is 0 Å². The molecule has 0 radical (unpaired) electrons. The predicted octanol–water partition coefficient (Wildman–Crippen LogP) is 1.21. The first kappa shape index (κ1) is 15.7. The number of likely N-dealkylation sites (tertiary alicyclic amines) is 1. The number of pyridine rings is 1. The molecule has 1 aliphatic heterocycles. The van der Waals surface area contributed by atoms with Crippen molar-refractivity contribution in [1.29, 1.82) is 0 Å². The number of carbonyl (C=O) groups is 1. The molecule has 0 spiro atoms. The molecule has 116 valence electrons. The van der Waals surface area contributed by atoms with E-state index in [2.05, 4.69) is 4.89 Å². The van der Waals surface area contributed by atoms with Crippen LogP contribution < -0.4 is 5.56 Å². The number of rotatable bonds is 5. The number of amides is 1. The van der Waals surface area contributed by atoms with Crippen LogP contribution in [-0.2, 0) is 14.6 Å². The Balaban J connectivity index is 2.21. The lowest BCUT2D eigenvalue weighted by Crippen LogP contribution is -2.36. The van der Waals surface area contributed by atoms with E-state index >= 15 is 0 Å². The third-order valence-corrected chi connectivity index (χ3v) is 4.08. The largest absolute Gasteiger partial charge is 0.336 e. The SMILES string of the molecule is COOCCN1C(=O)C(n2cc(C)c(C)cc2=O)CC1C. The van der Waals surface area contributed by atoms with Crippen LogP contribution in [0.25, 0.3) is 0 Å². The van der Waals surface area contributed by atoms with Gasteiger partial charge in [-0.1, -0.05) is 0 Å². The van der Waals surface area contributed by atoms with Gasteiger partial charge in [0.25, 0.3) is 5.56 Å². The summed E-state index contributed by atoms with van der Waals surface area (Å²) in [6.45, 7) is 6.61. The molecule has 0 aromatic carbocycles. The molecule has 21 heavy (non-hydrogen) atoms. The highest BCUT2D eigenvalue weighted by Crippen LogP contribution is 2.27. The summed E-state index contributed by atoms with van der Waals surface area (Å²) in [5, 5.41) is 0. The van der Waals surface area contributed by atoms with E-state index < -0.39 is 6.04 Å². The molecule has 2 heterocycles. The van der Waals surface area contributed by atoms with E-state index in [0.29, 0.717) is 19.6 Å². The van der Waals surface area contributed by atoms with Crippen LogP contribution in [-0.4, -0.2) is 41.7 Å². The number of hydrogen-bond donors (Lipinski definition) is 0. The molecular formula is C15H22N2O4. The highest BCUT2D eigenvalue weighted by molar-refractivity contribution is 5.83. The quantitative estimate of drug-likeness (QED) is 0.465. The van der Waals surface area contributed by atoms with Gasteiger partial charge in [-0.15, -0.1) is 0 Å². The van der Waals surface area contributed by atoms with Gasteiger partial charge in [0, 0.05) is 24.8 Å². The molecule has 1 amide bonds. The molecule has 1 saturated heterocycles. The summed E-state index contributed by atoms with van der Waals surface area (Å²) in [5.74, 6) is -0.0347. The minimum atomic E-state index is -0.422. The van der Waals surface area contributed by atoms with Crippen molar-refractivity contribution in [2.45, 2.75) is 39.3 Å². The van der Waals surface area contributed by atoms with Gasteiger partial charge in [0.2, 0.25) is 5.91 Å². The molecule has 1 aromatic rings. The number of aromatic nitrogens is 1. The number of hydrogen-bond acceptors (Lipinski definition) is 4. The first-order valence-electron chi connectivity index (χ1n) is 7.11. The van der Waals surface area contributed by atoms with Crippen LogP contribution in [0, 0.1) is 13.8 Å². The van der Waals surface area contributed by atoms with E-state index in [0.717, 1.165) is 11.1 Å². The van der Waals surface area contributed by atoms with Gasteiger partial charge in [-0.3, -0.25) is 9.59 Å². The molecule has 0 aliphatic carbocycles. The van der Waals surface area contributed by atoms with Gasteiger partial charge < -0.3 is 9.47 Å². The molecule has 6 nitrogen and oxygen atoms in total. The first-order chi connectivity index (χ1) is 9.95. The monoisotopic (exact) mass is 294 g/mol. The second-order valence-electron chi connectivity index (χ2n) is 5.51. The second-order valence-corrected chi connectivity index (χ2v) is 5.51. The summed E-state index contributed by atoms with van der Waals surface area (Å²) >= 11 is 0. The van der Waals surface area contributed by atoms with Crippen LogP contribution in [0.1, 0.15) is 30.5 Å². The van der Waals surface area contributed by atoms with Crippen LogP contribution in [0.4, 0.5) is 0 Å². The second kappa shape index (κ2) is 6.41. The number of carbonyl (C=O) groups excluding carboxylic acids is 1. The van der Waals surface area contributed by atoms with Gasteiger partial charge in [0.05, 0.1) is 13.7 Å². The molecule has 6 heteroatoms. The fourth-order valence-corrected chi connectivity index (χ4v) is 2.73. The van der Waals surface area contributed by atoms with Crippen molar-refractivity contribution in [3.05, 3.63) is 33.7 Å². The third-order valence-electron chi connectivity index (χ3n) is 4.08. The normalized spacial score (nSPS) is 22.1. The first-order valence-corrected chi connectivity index (χ1v) is 7.11. The van der Waals surface area contributed by atoms with Gasteiger partial charge in [-0.2, -0.15) is 0 Å². The molecule has 0 saturated carbocycles. The Labute approximate surface area is 124 Å². The van der Waals surface area contributed by atoms with E-state index in [4.69, 9.17) is 4.89 Å². The van der Waals surface area contributed by atoms with Crippen LogP contribution in [0.5, 0.6) is 0 Å². The fourth-order valence-electron chi connectivity index (χ4n) is 2.73. The zero-order chi connectivity index (χ0) is 15.6. The molecule has 2 rings (SSSR count). The van der Waals surface area contributed by atoms with Gasteiger partial charge in [-0.25, -0.2) is 9.78 Å². The van der Waals surface area contributed by atoms with Crippen molar-refractivity contribution < 1.29 is 14.6 Å². The average molecular weight is 294 g/mol. The zero-order valence-corrected chi connectivity index (χ0v) is 13.0. The maximum atomic E-state index is 12.5. The van der Waals surface area contributed by atoms with Gasteiger partial charge in [0.1, 0.15) is 6.04 Å².